The summed E-state index contributed by atoms with van der Waals surface area (Å²) < 4.78 is 15.4. The minimum atomic E-state index is -0.861. The number of benzene rings is 1. The molecule has 0 aliphatic carbocycles. The first-order valence-corrected chi connectivity index (χ1v) is 7.77. The molecule has 0 aromatic heterocycles. The van der Waals surface area contributed by atoms with E-state index in [1.807, 2.05) is 24.3 Å². The van der Waals surface area contributed by atoms with Crippen LogP contribution in [0.25, 0.3) is 5.57 Å². The predicted octanol–water partition coefficient (Wildman–Crippen LogP) is 2.15. The Morgan fingerprint density at radius 2 is 1.88 bits per heavy atom. The second-order valence-electron chi connectivity index (χ2n) is 5.68. The minimum absolute atomic E-state index is 0.143. The molecule has 1 heterocycles. The van der Waals surface area contributed by atoms with Crippen molar-refractivity contribution in [1.82, 2.24) is 4.90 Å². The summed E-state index contributed by atoms with van der Waals surface area (Å²) in [6.07, 6.45) is -1.47. The Bertz CT molecular complexity index is 699. The highest BCUT2D eigenvalue weighted by molar-refractivity contribution is 5.77. The third kappa shape index (κ3) is 4.17. The number of rotatable bonds is 3. The van der Waals surface area contributed by atoms with Crippen LogP contribution in [0.15, 0.2) is 30.8 Å². The zero-order valence-electron chi connectivity index (χ0n) is 14.5. The van der Waals surface area contributed by atoms with Gasteiger partial charge in [0.15, 0.2) is 6.10 Å². The Morgan fingerprint density at radius 3 is 2.48 bits per heavy atom. The highest BCUT2D eigenvalue weighted by atomic mass is 16.6. The molecule has 1 aromatic rings. The van der Waals surface area contributed by atoms with Crippen molar-refractivity contribution in [2.75, 3.05) is 13.7 Å². The van der Waals surface area contributed by atoms with Crippen LogP contribution in [-0.4, -0.2) is 48.8 Å². The van der Waals surface area contributed by atoms with Gasteiger partial charge < -0.3 is 14.2 Å². The average molecular weight is 347 g/mol. The lowest BCUT2D eigenvalue weighted by Gasteiger charge is -2.33. The molecule has 1 amide bonds. The Kier molecular flexibility index (Phi) is 5.80. The summed E-state index contributed by atoms with van der Waals surface area (Å²) in [4.78, 5) is 36.6. The summed E-state index contributed by atoms with van der Waals surface area (Å²) >= 11 is 0. The maximum atomic E-state index is 12.3. The standard InChI is InChI=1S/C18H21NO6/c1-11-15-8-6-5-7-14(15)9-19(18(22)23-4)16(10-24-12(2)20)17(11)25-13(3)21/h5-8,16-17H,1,9-10H2,2-4H3/t16-,17+/m0/s1. The van der Waals surface area contributed by atoms with Crippen molar-refractivity contribution in [3.05, 3.63) is 42.0 Å². The lowest BCUT2D eigenvalue weighted by atomic mass is 9.95. The summed E-state index contributed by atoms with van der Waals surface area (Å²) in [5.41, 5.74) is 2.16. The molecule has 0 N–H and O–H groups in total. The second kappa shape index (κ2) is 7.83. The number of hydrogen-bond acceptors (Lipinski definition) is 6. The van der Waals surface area contributed by atoms with Crippen LogP contribution in [0.1, 0.15) is 25.0 Å². The van der Waals surface area contributed by atoms with E-state index >= 15 is 0 Å². The van der Waals surface area contributed by atoms with Crippen LogP contribution >= 0.6 is 0 Å². The third-order valence-corrected chi connectivity index (χ3v) is 3.96. The molecular weight excluding hydrogens is 326 g/mol. The van der Waals surface area contributed by atoms with Crippen molar-refractivity contribution in [3.63, 3.8) is 0 Å². The van der Waals surface area contributed by atoms with Crippen molar-refractivity contribution >= 4 is 23.6 Å². The maximum Gasteiger partial charge on any atom is 0.410 e. The van der Waals surface area contributed by atoms with Gasteiger partial charge in [0.2, 0.25) is 0 Å². The van der Waals surface area contributed by atoms with Gasteiger partial charge in [0.1, 0.15) is 12.6 Å². The van der Waals surface area contributed by atoms with Crippen LogP contribution in [0.3, 0.4) is 0 Å². The molecular formula is C18H21NO6. The number of carbonyl (C=O) groups excluding carboxylic acids is 3. The maximum absolute atomic E-state index is 12.3. The smallest absolute Gasteiger partial charge is 0.410 e. The summed E-state index contributed by atoms with van der Waals surface area (Å²) in [5.74, 6) is -1.03. The van der Waals surface area contributed by atoms with Gasteiger partial charge in [-0.2, -0.15) is 0 Å². The van der Waals surface area contributed by atoms with Gasteiger partial charge in [-0.1, -0.05) is 30.8 Å². The number of esters is 2. The molecule has 7 heteroatoms. The van der Waals surface area contributed by atoms with Crippen LogP contribution in [0.2, 0.25) is 0 Å². The predicted molar refractivity (Wildman–Crippen MR) is 89.4 cm³/mol. The van der Waals surface area contributed by atoms with E-state index in [1.54, 1.807) is 0 Å². The molecule has 0 fully saturated rings. The molecule has 2 rings (SSSR count). The van der Waals surface area contributed by atoms with E-state index in [4.69, 9.17) is 14.2 Å². The Balaban J connectivity index is 2.51. The van der Waals surface area contributed by atoms with Gasteiger partial charge >= 0.3 is 18.0 Å². The number of carbonyl (C=O) groups is 3. The van der Waals surface area contributed by atoms with Crippen molar-refractivity contribution in [1.29, 1.82) is 0 Å². The van der Waals surface area contributed by atoms with Gasteiger partial charge in [0.25, 0.3) is 0 Å². The topological polar surface area (TPSA) is 82.1 Å². The number of amides is 1. The molecule has 25 heavy (non-hydrogen) atoms. The zero-order chi connectivity index (χ0) is 18.6. The fourth-order valence-corrected chi connectivity index (χ4v) is 2.85. The molecule has 0 bridgehead atoms. The molecule has 7 nitrogen and oxygen atoms in total. The number of ether oxygens (including phenoxy) is 3. The molecule has 1 aromatic carbocycles. The molecule has 0 spiro atoms. The number of fused-ring (bicyclic) bond motifs is 1. The first-order valence-electron chi connectivity index (χ1n) is 7.77. The summed E-state index contributed by atoms with van der Waals surface area (Å²) in [5, 5.41) is 0. The largest absolute Gasteiger partial charge is 0.464 e. The number of nitrogens with zero attached hydrogens (tertiary/aromatic N) is 1. The third-order valence-electron chi connectivity index (χ3n) is 3.96. The van der Waals surface area contributed by atoms with Crippen LogP contribution in [0.4, 0.5) is 4.79 Å². The summed E-state index contributed by atoms with van der Waals surface area (Å²) in [6.45, 7) is 6.66. The highest BCUT2D eigenvalue weighted by Gasteiger charge is 2.40. The molecule has 0 saturated heterocycles. The number of methoxy groups -OCH3 is 1. The van der Waals surface area contributed by atoms with Crippen molar-refractivity contribution in [2.45, 2.75) is 32.5 Å². The quantitative estimate of drug-likeness (QED) is 0.615. The van der Waals surface area contributed by atoms with Crippen LogP contribution < -0.4 is 0 Å². The Hall–Kier alpha value is -2.83. The van der Waals surface area contributed by atoms with E-state index in [9.17, 15) is 14.4 Å². The average Bonchev–Trinajstić information content (AvgIpc) is 2.68. The molecule has 1 aliphatic rings. The minimum Gasteiger partial charge on any atom is -0.464 e. The molecule has 0 radical (unpaired) electrons. The van der Waals surface area contributed by atoms with Crippen LogP contribution in [-0.2, 0) is 30.3 Å². The summed E-state index contributed by atoms with van der Waals surface area (Å²) in [7, 11) is 1.26. The lowest BCUT2D eigenvalue weighted by Crippen LogP contribution is -2.49. The zero-order valence-corrected chi connectivity index (χ0v) is 14.5. The molecule has 0 saturated carbocycles. The molecule has 2 atom stereocenters. The van der Waals surface area contributed by atoms with Gasteiger partial charge in [-0.05, 0) is 16.7 Å². The summed E-state index contributed by atoms with van der Waals surface area (Å²) in [6, 6.07) is 6.63. The molecule has 134 valence electrons. The molecule has 1 aliphatic heterocycles. The first-order chi connectivity index (χ1) is 11.8. The normalized spacial score (nSPS) is 19.5. The fraction of sp³-hybridized carbons (Fsp3) is 0.389. The van der Waals surface area contributed by atoms with Crippen LogP contribution in [0.5, 0.6) is 0 Å². The van der Waals surface area contributed by atoms with Gasteiger partial charge in [-0.15, -0.1) is 0 Å². The van der Waals surface area contributed by atoms with Gasteiger partial charge in [0.05, 0.1) is 13.7 Å². The number of hydrogen-bond donors (Lipinski definition) is 0. The first kappa shape index (κ1) is 18.5. The lowest BCUT2D eigenvalue weighted by molar-refractivity contribution is -0.150. The van der Waals surface area contributed by atoms with Gasteiger partial charge in [0, 0.05) is 13.8 Å². The van der Waals surface area contributed by atoms with E-state index in [-0.39, 0.29) is 13.2 Å². The van der Waals surface area contributed by atoms with Crippen LogP contribution in [0, 0.1) is 0 Å². The van der Waals surface area contributed by atoms with Crippen molar-refractivity contribution < 1.29 is 28.6 Å². The van der Waals surface area contributed by atoms with E-state index in [0.29, 0.717) is 5.57 Å². The monoisotopic (exact) mass is 347 g/mol. The van der Waals surface area contributed by atoms with Gasteiger partial charge in [-0.25, -0.2) is 4.79 Å². The Labute approximate surface area is 146 Å². The van der Waals surface area contributed by atoms with Gasteiger partial charge in [-0.3, -0.25) is 14.5 Å². The van der Waals surface area contributed by atoms with E-state index in [1.165, 1.54) is 25.9 Å². The van der Waals surface area contributed by atoms with Crippen molar-refractivity contribution in [3.8, 4) is 0 Å². The van der Waals surface area contributed by atoms with Crippen molar-refractivity contribution in [2.24, 2.45) is 0 Å². The van der Waals surface area contributed by atoms with E-state index < -0.39 is 30.2 Å². The Morgan fingerprint density at radius 1 is 1.20 bits per heavy atom. The fourth-order valence-electron chi connectivity index (χ4n) is 2.85. The second-order valence-corrected chi connectivity index (χ2v) is 5.68. The van der Waals surface area contributed by atoms with E-state index in [0.717, 1.165) is 11.1 Å². The SMILES string of the molecule is C=C1c2ccccc2CN(C(=O)OC)[C@@H](COC(C)=O)[C@@H]1OC(C)=O. The highest BCUT2D eigenvalue weighted by Crippen LogP contribution is 2.32. The van der Waals surface area contributed by atoms with E-state index in [2.05, 4.69) is 6.58 Å². The molecule has 0 unspecified atom stereocenters.